The molecule has 0 aliphatic rings. The van der Waals surface area contributed by atoms with Gasteiger partial charge in [0.2, 0.25) is 0 Å². The van der Waals surface area contributed by atoms with Crippen molar-refractivity contribution in [2.45, 2.75) is 26.3 Å². The minimum Gasteiger partial charge on any atom is -0.310 e. The van der Waals surface area contributed by atoms with Crippen molar-refractivity contribution < 1.29 is 4.39 Å². The van der Waals surface area contributed by atoms with Crippen molar-refractivity contribution in [1.82, 2.24) is 5.32 Å². The number of benzene rings is 1. The summed E-state index contributed by atoms with van der Waals surface area (Å²) in [6, 6.07) is 2.74. The van der Waals surface area contributed by atoms with Crippen LogP contribution >= 0.6 is 23.2 Å². The molecule has 1 rings (SSSR count). The molecular weight excluding hydrogens is 260 g/mol. The third-order valence-electron chi connectivity index (χ3n) is 2.51. The molecule has 1 nitrogen and oxygen atoms in total. The second-order valence-corrected chi connectivity index (χ2v) is 4.58. The molecule has 4 heteroatoms. The van der Waals surface area contributed by atoms with E-state index in [2.05, 4.69) is 11.4 Å². The quantitative estimate of drug-likeness (QED) is 0.465. The highest BCUT2D eigenvalue weighted by Crippen LogP contribution is 2.32. The third-order valence-corrected chi connectivity index (χ3v) is 3.22. The van der Waals surface area contributed by atoms with Gasteiger partial charge >= 0.3 is 0 Å². The number of halogens is 3. The lowest BCUT2D eigenvalue weighted by Gasteiger charge is -2.17. The van der Waals surface area contributed by atoms with Gasteiger partial charge in [-0.3, -0.25) is 0 Å². The van der Waals surface area contributed by atoms with Crippen molar-refractivity contribution in [3.63, 3.8) is 0 Å². The monoisotopic (exact) mass is 275 g/mol. The number of allylic oxidation sites excluding steroid dienone is 1. The minimum absolute atomic E-state index is 0.0732. The predicted molar refractivity (Wildman–Crippen MR) is 72.3 cm³/mol. The van der Waals surface area contributed by atoms with Gasteiger partial charge in [0, 0.05) is 16.6 Å². The van der Waals surface area contributed by atoms with E-state index >= 15 is 0 Å². The summed E-state index contributed by atoms with van der Waals surface area (Å²) < 4.78 is 13.3. The van der Waals surface area contributed by atoms with Gasteiger partial charge in [-0.25, -0.2) is 4.39 Å². The van der Waals surface area contributed by atoms with Gasteiger partial charge in [0.1, 0.15) is 5.82 Å². The second kappa shape index (κ2) is 7.00. The second-order valence-electron chi connectivity index (χ2n) is 3.79. The largest absolute Gasteiger partial charge is 0.310 e. The van der Waals surface area contributed by atoms with Crippen molar-refractivity contribution in [3.05, 3.63) is 45.7 Å². The average molecular weight is 276 g/mol. The topological polar surface area (TPSA) is 12.0 Å². The van der Waals surface area contributed by atoms with Crippen LogP contribution in [0.1, 0.15) is 31.9 Å². The molecule has 17 heavy (non-hydrogen) atoms. The smallest absolute Gasteiger partial charge is 0.142 e. The fourth-order valence-corrected chi connectivity index (χ4v) is 2.29. The van der Waals surface area contributed by atoms with E-state index in [-0.39, 0.29) is 11.1 Å². The zero-order chi connectivity index (χ0) is 12.8. The Bertz CT molecular complexity index is 405. The van der Waals surface area contributed by atoms with Crippen LogP contribution < -0.4 is 5.32 Å². The first-order valence-corrected chi connectivity index (χ1v) is 6.31. The standard InChI is InChI=1S/C13H16Cl2FN/c1-3-4-5-8-17-9(2)12-10(14)6-7-11(16)13(12)15/h3-4,6-7,9,17H,5,8H2,1-2H3/b4-3+. The summed E-state index contributed by atoms with van der Waals surface area (Å²) in [5, 5.41) is 3.84. The zero-order valence-electron chi connectivity index (χ0n) is 9.93. The highest BCUT2D eigenvalue weighted by atomic mass is 35.5. The van der Waals surface area contributed by atoms with Gasteiger partial charge in [0.15, 0.2) is 0 Å². The van der Waals surface area contributed by atoms with Gasteiger partial charge in [-0.2, -0.15) is 0 Å². The van der Waals surface area contributed by atoms with E-state index in [0.29, 0.717) is 10.6 Å². The molecule has 0 bridgehead atoms. The number of rotatable bonds is 5. The van der Waals surface area contributed by atoms with Crippen molar-refractivity contribution in [3.8, 4) is 0 Å². The Morgan fingerprint density at radius 3 is 2.76 bits per heavy atom. The lowest BCUT2D eigenvalue weighted by molar-refractivity contribution is 0.571. The maximum absolute atomic E-state index is 13.3. The highest BCUT2D eigenvalue weighted by Gasteiger charge is 2.16. The first-order chi connectivity index (χ1) is 8.07. The summed E-state index contributed by atoms with van der Waals surface area (Å²) in [7, 11) is 0. The molecule has 0 amide bonds. The van der Waals surface area contributed by atoms with Crippen LogP contribution in [-0.4, -0.2) is 6.54 Å². The van der Waals surface area contributed by atoms with Gasteiger partial charge < -0.3 is 5.32 Å². The first-order valence-electron chi connectivity index (χ1n) is 5.55. The van der Waals surface area contributed by atoms with Gasteiger partial charge in [-0.05, 0) is 38.9 Å². The Kier molecular flexibility index (Phi) is 5.96. The Hall–Kier alpha value is -0.570. The molecule has 94 valence electrons. The van der Waals surface area contributed by atoms with Crippen LogP contribution in [0.3, 0.4) is 0 Å². The minimum atomic E-state index is -0.437. The Labute approximate surface area is 112 Å². The molecule has 0 spiro atoms. The predicted octanol–water partition coefficient (Wildman–Crippen LogP) is 4.75. The van der Waals surface area contributed by atoms with Gasteiger partial charge in [-0.1, -0.05) is 35.4 Å². The molecular formula is C13H16Cl2FN. The lowest BCUT2D eigenvalue weighted by atomic mass is 10.1. The van der Waals surface area contributed by atoms with Crippen molar-refractivity contribution in [2.75, 3.05) is 6.54 Å². The van der Waals surface area contributed by atoms with Crippen molar-refractivity contribution in [1.29, 1.82) is 0 Å². The van der Waals surface area contributed by atoms with Gasteiger partial charge in [-0.15, -0.1) is 0 Å². The fraction of sp³-hybridized carbons (Fsp3) is 0.385. The Morgan fingerprint density at radius 2 is 2.12 bits per heavy atom. The van der Waals surface area contributed by atoms with E-state index in [9.17, 15) is 4.39 Å². The van der Waals surface area contributed by atoms with E-state index in [1.807, 2.05) is 19.9 Å². The van der Waals surface area contributed by atoms with E-state index in [4.69, 9.17) is 23.2 Å². The van der Waals surface area contributed by atoms with Crippen LogP contribution in [0.15, 0.2) is 24.3 Å². The fourth-order valence-electron chi connectivity index (χ4n) is 1.59. The molecule has 0 aliphatic heterocycles. The summed E-state index contributed by atoms with van der Waals surface area (Å²) in [5.74, 6) is -0.437. The Balaban J connectivity index is 2.74. The van der Waals surface area contributed by atoms with E-state index in [0.717, 1.165) is 13.0 Å². The van der Waals surface area contributed by atoms with Crippen molar-refractivity contribution >= 4 is 23.2 Å². The zero-order valence-corrected chi connectivity index (χ0v) is 11.4. The van der Waals surface area contributed by atoms with E-state index < -0.39 is 5.82 Å². The lowest BCUT2D eigenvalue weighted by Crippen LogP contribution is -2.20. The molecule has 0 saturated heterocycles. The summed E-state index contributed by atoms with van der Waals surface area (Å²) in [5.41, 5.74) is 0.619. The van der Waals surface area contributed by atoms with Crippen LogP contribution in [0.5, 0.6) is 0 Å². The molecule has 0 fully saturated rings. The number of nitrogens with one attached hydrogen (secondary N) is 1. The van der Waals surface area contributed by atoms with Crippen LogP contribution in [-0.2, 0) is 0 Å². The molecule has 1 aromatic carbocycles. The SMILES string of the molecule is C/C=C/CCNC(C)c1c(Cl)ccc(F)c1Cl. The van der Waals surface area contributed by atoms with Crippen molar-refractivity contribution in [2.24, 2.45) is 0 Å². The van der Waals surface area contributed by atoms with Gasteiger partial charge in [0.25, 0.3) is 0 Å². The first kappa shape index (κ1) is 14.5. The molecule has 0 saturated carbocycles. The van der Waals surface area contributed by atoms with E-state index in [1.54, 1.807) is 0 Å². The summed E-state index contributed by atoms with van der Waals surface area (Å²) in [6.07, 6.45) is 4.98. The summed E-state index contributed by atoms with van der Waals surface area (Å²) >= 11 is 12.0. The molecule has 0 heterocycles. The maximum Gasteiger partial charge on any atom is 0.142 e. The average Bonchev–Trinajstić information content (AvgIpc) is 2.30. The van der Waals surface area contributed by atoms with Crippen LogP contribution in [0.4, 0.5) is 4.39 Å². The van der Waals surface area contributed by atoms with Crippen LogP contribution in [0.2, 0.25) is 10.0 Å². The summed E-state index contributed by atoms with van der Waals surface area (Å²) in [6.45, 7) is 4.70. The molecule has 1 aromatic rings. The number of hydrogen-bond donors (Lipinski definition) is 1. The normalized spacial score (nSPS) is 13.2. The third kappa shape index (κ3) is 3.98. The maximum atomic E-state index is 13.3. The van der Waals surface area contributed by atoms with Gasteiger partial charge in [0.05, 0.1) is 5.02 Å². The summed E-state index contributed by atoms with van der Waals surface area (Å²) in [4.78, 5) is 0. The highest BCUT2D eigenvalue weighted by molar-refractivity contribution is 6.36. The molecule has 0 radical (unpaired) electrons. The molecule has 0 aromatic heterocycles. The molecule has 0 aliphatic carbocycles. The molecule has 1 atom stereocenters. The van der Waals surface area contributed by atoms with E-state index in [1.165, 1.54) is 12.1 Å². The van der Waals surface area contributed by atoms with Crippen LogP contribution in [0.25, 0.3) is 0 Å². The molecule has 1 N–H and O–H groups in total. The van der Waals surface area contributed by atoms with Crippen LogP contribution in [0, 0.1) is 5.82 Å². The Morgan fingerprint density at radius 1 is 1.41 bits per heavy atom. The molecule has 1 unspecified atom stereocenters. The number of hydrogen-bond acceptors (Lipinski definition) is 1.